The molecule has 0 unspecified atom stereocenters. The third kappa shape index (κ3) is 1.27. The Hall–Kier alpha value is 0.660. The molecule has 1 nitrogen and oxygen atoms in total. The summed E-state index contributed by atoms with van der Waals surface area (Å²) in [5.41, 5.74) is 0. The summed E-state index contributed by atoms with van der Waals surface area (Å²) >= 11 is 3.76. The summed E-state index contributed by atoms with van der Waals surface area (Å²) in [6.45, 7) is 4.45. The number of hydrogen-bond acceptors (Lipinski definition) is 3. The quantitative estimate of drug-likeness (QED) is 0.467. The predicted molar refractivity (Wildman–Crippen MR) is 37.0 cm³/mol. The van der Waals surface area contributed by atoms with E-state index in [1.807, 2.05) is 23.9 Å². The van der Waals surface area contributed by atoms with Crippen molar-refractivity contribution >= 4 is 23.9 Å². The summed E-state index contributed by atoms with van der Waals surface area (Å²) in [6, 6.07) is 0. The van der Waals surface area contributed by atoms with Gasteiger partial charge in [0, 0.05) is 7.05 Å². The molecule has 1 saturated heterocycles. The van der Waals surface area contributed by atoms with Crippen molar-refractivity contribution in [2.75, 3.05) is 7.05 Å². The number of hydrogen-bond donors (Lipinski definition) is 0. The van der Waals surface area contributed by atoms with E-state index in [0.29, 0.717) is 4.08 Å². The van der Waals surface area contributed by atoms with Crippen molar-refractivity contribution in [3.05, 3.63) is 0 Å². The fourth-order valence-corrected chi connectivity index (χ4v) is 3.44. The lowest BCUT2D eigenvalue weighted by molar-refractivity contribution is 0.822. The second-order valence-corrected chi connectivity index (χ2v) is 6.01. The Morgan fingerprint density at radius 3 is 1.71 bits per heavy atom. The molecule has 0 spiro atoms. The molecule has 0 amide bonds. The summed E-state index contributed by atoms with van der Waals surface area (Å²) < 4.78 is 2.62. The Morgan fingerprint density at radius 1 is 1.29 bits per heavy atom. The number of nitrogens with zero attached hydrogens (tertiary/aromatic N) is 1. The molecule has 0 saturated carbocycles. The topological polar surface area (TPSA) is 3.24 Å². The van der Waals surface area contributed by atoms with E-state index >= 15 is 0 Å². The average Bonchev–Trinajstić information content (AvgIpc) is 1.27. The molecular weight excluding hydrogens is 126 g/mol. The van der Waals surface area contributed by atoms with Gasteiger partial charge in [-0.3, -0.25) is 0 Å². The van der Waals surface area contributed by atoms with Crippen molar-refractivity contribution in [3.63, 3.8) is 0 Å². The van der Waals surface area contributed by atoms with E-state index in [-0.39, 0.29) is 0 Å². The second kappa shape index (κ2) is 1.57. The molecule has 1 aliphatic rings. The highest BCUT2D eigenvalue weighted by molar-refractivity contribution is 8.29. The maximum Gasteiger partial charge on any atom is 0.0863 e. The van der Waals surface area contributed by atoms with Crippen molar-refractivity contribution in [2.24, 2.45) is 0 Å². The molecule has 1 aliphatic heterocycles. The first kappa shape index (κ1) is 5.79. The third-order valence-corrected chi connectivity index (χ3v) is 2.98. The molecule has 1 rings (SSSR count). The molecule has 3 heteroatoms. The van der Waals surface area contributed by atoms with E-state index in [0.717, 1.165) is 0 Å². The van der Waals surface area contributed by atoms with Gasteiger partial charge >= 0.3 is 0 Å². The lowest BCUT2D eigenvalue weighted by Gasteiger charge is -2.39. The van der Waals surface area contributed by atoms with Crippen LogP contribution in [0.4, 0.5) is 0 Å². The monoisotopic (exact) mass is 135 g/mol. The average molecular weight is 135 g/mol. The summed E-state index contributed by atoms with van der Waals surface area (Å²) in [5.74, 6) is 0. The SMILES string of the molecule is CN1SC(C)(C)S1. The van der Waals surface area contributed by atoms with Crippen LogP contribution in [0.3, 0.4) is 0 Å². The van der Waals surface area contributed by atoms with E-state index in [2.05, 4.69) is 24.6 Å². The van der Waals surface area contributed by atoms with E-state index in [1.165, 1.54) is 0 Å². The second-order valence-electron chi connectivity index (χ2n) is 2.02. The predicted octanol–water partition coefficient (Wildman–Crippen LogP) is 1.96. The van der Waals surface area contributed by atoms with Gasteiger partial charge in [0.05, 0.1) is 4.08 Å². The van der Waals surface area contributed by atoms with Crippen molar-refractivity contribution in [3.8, 4) is 0 Å². The molecule has 7 heavy (non-hydrogen) atoms. The van der Waals surface area contributed by atoms with E-state index in [9.17, 15) is 0 Å². The van der Waals surface area contributed by atoms with Gasteiger partial charge in [-0.25, -0.2) is 0 Å². The molecule has 0 aromatic carbocycles. The minimum atomic E-state index is 0.453. The maximum absolute atomic E-state index is 2.22. The van der Waals surface area contributed by atoms with Gasteiger partial charge in [0.2, 0.25) is 0 Å². The van der Waals surface area contributed by atoms with Crippen LogP contribution in [0.1, 0.15) is 13.8 Å². The summed E-state index contributed by atoms with van der Waals surface area (Å²) in [6.07, 6.45) is 0. The first-order valence-corrected chi connectivity index (χ1v) is 3.77. The Labute approximate surface area is 53.1 Å². The van der Waals surface area contributed by atoms with Crippen LogP contribution in [-0.4, -0.2) is 14.8 Å². The zero-order valence-corrected chi connectivity index (χ0v) is 6.40. The lowest BCUT2D eigenvalue weighted by Crippen LogP contribution is -2.28. The summed E-state index contributed by atoms with van der Waals surface area (Å²) in [7, 11) is 2.08. The molecule has 0 aliphatic carbocycles. The minimum Gasteiger partial charge on any atom is -0.195 e. The van der Waals surface area contributed by atoms with E-state index in [1.54, 1.807) is 0 Å². The van der Waals surface area contributed by atoms with Gasteiger partial charge < -0.3 is 0 Å². The maximum atomic E-state index is 2.22. The van der Waals surface area contributed by atoms with Gasteiger partial charge in [-0.2, -0.15) is 3.71 Å². The first-order chi connectivity index (χ1) is 3.10. The minimum absolute atomic E-state index is 0.453. The van der Waals surface area contributed by atoms with Crippen LogP contribution < -0.4 is 0 Å². The molecule has 1 fully saturated rings. The van der Waals surface area contributed by atoms with Crippen LogP contribution in [0.2, 0.25) is 0 Å². The molecular formula is C4H9NS2. The van der Waals surface area contributed by atoms with Crippen molar-refractivity contribution in [1.82, 2.24) is 3.71 Å². The van der Waals surface area contributed by atoms with Gasteiger partial charge in [-0.15, -0.1) is 0 Å². The molecule has 0 atom stereocenters. The largest absolute Gasteiger partial charge is 0.195 e. The van der Waals surface area contributed by atoms with Crippen LogP contribution in [0.15, 0.2) is 0 Å². The molecule has 0 bridgehead atoms. The van der Waals surface area contributed by atoms with Gasteiger partial charge in [-0.05, 0) is 37.7 Å². The van der Waals surface area contributed by atoms with Crippen molar-refractivity contribution in [2.45, 2.75) is 17.9 Å². The highest BCUT2D eigenvalue weighted by atomic mass is 32.3. The van der Waals surface area contributed by atoms with Crippen LogP contribution in [-0.2, 0) is 0 Å². The molecule has 0 radical (unpaired) electrons. The van der Waals surface area contributed by atoms with Crippen LogP contribution >= 0.6 is 23.9 Å². The highest BCUT2D eigenvalue weighted by Gasteiger charge is 2.33. The fourth-order valence-electron chi connectivity index (χ4n) is 0.626. The lowest BCUT2D eigenvalue weighted by atomic mass is 10.5. The van der Waals surface area contributed by atoms with Gasteiger partial charge in [-0.1, -0.05) is 0 Å². The van der Waals surface area contributed by atoms with Gasteiger partial charge in [0.1, 0.15) is 0 Å². The third-order valence-electron chi connectivity index (χ3n) is 0.697. The zero-order valence-electron chi connectivity index (χ0n) is 4.76. The van der Waals surface area contributed by atoms with Crippen LogP contribution in [0.5, 0.6) is 0 Å². The molecule has 42 valence electrons. The summed E-state index contributed by atoms with van der Waals surface area (Å²) in [4.78, 5) is 0. The van der Waals surface area contributed by atoms with E-state index < -0.39 is 0 Å². The molecule has 0 N–H and O–H groups in total. The smallest absolute Gasteiger partial charge is 0.0863 e. The fraction of sp³-hybridized carbons (Fsp3) is 1.00. The van der Waals surface area contributed by atoms with E-state index in [4.69, 9.17) is 0 Å². The number of rotatable bonds is 0. The molecule has 0 aromatic rings. The van der Waals surface area contributed by atoms with Crippen LogP contribution in [0.25, 0.3) is 0 Å². The Bertz CT molecular complexity index is 73.8. The molecule has 1 heterocycles. The van der Waals surface area contributed by atoms with Crippen molar-refractivity contribution < 1.29 is 0 Å². The standard InChI is InChI=1S/C4H9NS2/c1-4(2)6-5(3)7-4/h1-3H3. The Kier molecular flexibility index (Phi) is 1.30. The van der Waals surface area contributed by atoms with Gasteiger partial charge in [0.15, 0.2) is 0 Å². The van der Waals surface area contributed by atoms with Gasteiger partial charge in [0.25, 0.3) is 0 Å². The zero-order chi connectivity index (χ0) is 5.49. The first-order valence-electron chi connectivity index (χ1n) is 2.22. The van der Waals surface area contributed by atoms with Crippen molar-refractivity contribution in [1.29, 1.82) is 0 Å². The highest BCUT2D eigenvalue weighted by Crippen LogP contribution is 2.52. The molecule has 0 aromatic heterocycles. The Morgan fingerprint density at radius 2 is 1.71 bits per heavy atom. The van der Waals surface area contributed by atoms with Crippen LogP contribution in [0, 0.1) is 0 Å². The Balaban J connectivity index is 2.29. The normalized spacial score (nSPS) is 29.6. The summed E-state index contributed by atoms with van der Waals surface area (Å²) in [5, 5.41) is 0.